The number of methoxy groups -OCH3 is 4. The van der Waals surface area contributed by atoms with Crippen molar-refractivity contribution in [2.75, 3.05) is 61.5 Å². The number of hydrogen-bond donors (Lipinski definition) is 13. The third kappa shape index (κ3) is 10.1. The molecule has 0 spiro atoms. The molecule has 25 atom stereocenters. The van der Waals surface area contributed by atoms with E-state index in [1.165, 1.54) is 28.4 Å². The molecule has 0 amide bonds. The second kappa shape index (κ2) is 22.2. The average Bonchev–Trinajstić information content (AvgIpc) is 3.24. The number of aliphatic hydroxyl groups excluding tert-OH is 13. The van der Waals surface area contributed by atoms with E-state index in [2.05, 4.69) is 0 Å². The van der Waals surface area contributed by atoms with Gasteiger partial charge in [0.2, 0.25) is 0 Å². The molecule has 13 N–H and O–H groups in total. The monoisotopic (exact) mass is 884 g/mol. The van der Waals surface area contributed by atoms with Crippen LogP contribution in [-0.4, -0.2) is 281 Å². The van der Waals surface area contributed by atoms with Gasteiger partial charge in [0.05, 0.1) is 33.0 Å². The van der Waals surface area contributed by atoms with Crippen molar-refractivity contribution in [1.29, 1.82) is 0 Å². The number of rotatable bonds is 17. The van der Waals surface area contributed by atoms with Crippen LogP contribution >= 0.6 is 0 Å². The minimum atomic E-state index is -1.84. The first-order valence-electron chi connectivity index (χ1n) is 19.2. The molecule has 5 aliphatic heterocycles. The maximum Gasteiger partial charge on any atom is 0.187 e. The van der Waals surface area contributed by atoms with Crippen molar-refractivity contribution in [1.82, 2.24) is 0 Å². The Morgan fingerprint density at radius 2 is 0.567 bits per heavy atom. The van der Waals surface area contributed by atoms with Gasteiger partial charge in [-0.2, -0.15) is 0 Å². The van der Waals surface area contributed by atoms with Crippen molar-refractivity contribution in [3.63, 3.8) is 0 Å². The van der Waals surface area contributed by atoms with Crippen LogP contribution in [0.4, 0.5) is 0 Å². The Balaban J connectivity index is 1.29. The Kier molecular flexibility index (Phi) is 18.5. The van der Waals surface area contributed by atoms with Gasteiger partial charge in [-0.15, -0.1) is 0 Å². The summed E-state index contributed by atoms with van der Waals surface area (Å²) in [7, 11) is 4.75. The second-order valence-corrected chi connectivity index (χ2v) is 14.8. The van der Waals surface area contributed by atoms with Crippen LogP contribution in [0.2, 0.25) is 0 Å². The second-order valence-electron chi connectivity index (χ2n) is 14.8. The van der Waals surface area contributed by atoms with Gasteiger partial charge in [0.25, 0.3) is 0 Å². The van der Waals surface area contributed by atoms with E-state index in [1.54, 1.807) is 0 Å². The maximum atomic E-state index is 11.5. The smallest absolute Gasteiger partial charge is 0.187 e. The molecular weight excluding hydrogens is 824 g/mol. The zero-order valence-corrected chi connectivity index (χ0v) is 33.1. The van der Waals surface area contributed by atoms with Crippen molar-refractivity contribution < 1.29 is 128 Å². The molecule has 5 fully saturated rings. The Hall–Kier alpha value is -1.04. The highest BCUT2D eigenvalue weighted by Crippen LogP contribution is 2.37. The van der Waals surface area contributed by atoms with Crippen LogP contribution < -0.4 is 0 Å². The highest BCUT2D eigenvalue weighted by Gasteiger charge is 2.57. The van der Waals surface area contributed by atoms with Gasteiger partial charge >= 0.3 is 0 Å². The molecule has 5 saturated heterocycles. The van der Waals surface area contributed by atoms with Gasteiger partial charge < -0.3 is 128 Å². The zero-order valence-electron chi connectivity index (χ0n) is 33.1. The lowest BCUT2D eigenvalue weighted by molar-refractivity contribution is -0.395. The summed E-state index contributed by atoms with van der Waals surface area (Å²) in [6.07, 6.45) is -38.6. The molecule has 0 aliphatic carbocycles. The third-order valence-corrected chi connectivity index (χ3v) is 11.3. The van der Waals surface area contributed by atoms with Crippen LogP contribution in [0.5, 0.6) is 0 Å². The summed E-state index contributed by atoms with van der Waals surface area (Å²) >= 11 is 0. The van der Waals surface area contributed by atoms with Gasteiger partial charge in [-0.3, -0.25) is 0 Å². The SMILES string of the molecule is CO[C@@H]1[C@H](O)[C@@H](O[C@H]2[C@H](OC)[C@H](O)[C@@H](O[C@H]3[C@H](OC)[C@H](O)[C@@H](O[C@H]4[C@H](OC)[C@H](O)[C@@H](O)O[C@@H]4CO)O[C@@H]3CO)O[C@@H]2CO)O[C@H](CO)[C@H]1O[C@H]1O[C@H](CO)[C@@H](O)[C@H](O)[C@@H]1O. The fourth-order valence-electron chi connectivity index (χ4n) is 8.06. The predicted octanol–water partition coefficient (Wildman–Crippen LogP) is -9.31. The van der Waals surface area contributed by atoms with Gasteiger partial charge in [-0.05, 0) is 0 Å². The first-order valence-corrected chi connectivity index (χ1v) is 19.2. The van der Waals surface area contributed by atoms with Crippen LogP contribution in [0, 0.1) is 0 Å². The predicted molar refractivity (Wildman–Crippen MR) is 186 cm³/mol. The van der Waals surface area contributed by atoms with E-state index in [9.17, 15) is 66.4 Å². The van der Waals surface area contributed by atoms with E-state index < -0.39 is 187 Å². The lowest BCUT2D eigenvalue weighted by atomic mass is 9.95. The quantitative estimate of drug-likeness (QED) is 0.0645. The van der Waals surface area contributed by atoms with E-state index in [0.717, 1.165) is 0 Å². The fraction of sp³-hybridized carbons (Fsp3) is 1.00. The Morgan fingerprint density at radius 3 is 0.867 bits per heavy atom. The molecule has 60 heavy (non-hydrogen) atoms. The molecule has 0 saturated carbocycles. The number of ether oxygens (including phenoxy) is 13. The highest BCUT2D eigenvalue weighted by molar-refractivity contribution is 5.00. The van der Waals surface area contributed by atoms with Crippen LogP contribution in [0.3, 0.4) is 0 Å². The molecule has 0 aromatic heterocycles. The third-order valence-electron chi connectivity index (χ3n) is 11.3. The van der Waals surface area contributed by atoms with Crippen LogP contribution in [0.1, 0.15) is 0 Å². The van der Waals surface area contributed by atoms with Gasteiger partial charge in [-0.25, -0.2) is 0 Å². The molecule has 5 rings (SSSR count). The Morgan fingerprint density at radius 1 is 0.300 bits per heavy atom. The van der Waals surface area contributed by atoms with Gasteiger partial charge in [-0.1, -0.05) is 0 Å². The van der Waals surface area contributed by atoms with Gasteiger partial charge in [0.1, 0.15) is 122 Å². The summed E-state index contributed by atoms with van der Waals surface area (Å²) in [5, 5.41) is 136. The minimum Gasteiger partial charge on any atom is -0.394 e. The minimum absolute atomic E-state index is 0.699. The van der Waals surface area contributed by atoms with Crippen molar-refractivity contribution in [2.24, 2.45) is 0 Å². The molecule has 0 bridgehead atoms. The first kappa shape index (κ1) is 50.0. The number of hydrogen-bond acceptors (Lipinski definition) is 26. The standard InChI is InChI=1S/C34H60O26/c1-48-26-18(43)30(47)52-11(6-36)22(26)58-32-20(45)28(50-3)24(13(8-38)55-32)60-34-21(46)29(51-4)25(14(9-39)56-34)59-33-19(44)27(49-2)23(12(7-37)54-33)57-31-17(42)16(41)15(40)10(5-35)53-31/h10-47H,5-9H2,1-4H3/t10-,11-,12-,13-,14-,15-,16+,17+,18+,19+,20+,21+,22-,23-,24-,25-,26-,27-,28-,29-,30+,31-,32-,33-,34-/m1/s1. The van der Waals surface area contributed by atoms with E-state index in [-0.39, 0.29) is 0 Å². The summed E-state index contributed by atoms with van der Waals surface area (Å²) in [6.45, 7) is -3.85. The van der Waals surface area contributed by atoms with Crippen LogP contribution in [-0.2, 0) is 61.6 Å². The summed E-state index contributed by atoms with van der Waals surface area (Å²) in [5.41, 5.74) is 0. The van der Waals surface area contributed by atoms with Crippen molar-refractivity contribution >= 4 is 0 Å². The molecule has 5 aliphatic rings. The molecule has 352 valence electrons. The molecular formula is C34H60O26. The van der Waals surface area contributed by atoms with Gasteiger partial charge in [0, 0.05) is 28.4 Å². The van der Waals surface area contributed by atoms with Gasteiger partial charge in [0.15, 0.2) is 31.5 Å². The van der Waals surface area contributed by atoms with Crippen LogP contribution in [0.15, 0.2) is 0 Å². The van der Waals surface area contributed by atoms with Crippen molar-refractivity contribution in [3.8, 4) is 0 Å². The molecule has 0 radical (unpaired) electrons. The van der Waals surface area contributed by atoms with E-state index in [4.69, 9.17) is 61.6 Å². The lowest BCUT2D eigenvalue weighted by Gasteiger charge is -2.50. The normalized spacial score (nSPS) is 50.5. The maximum absolute atomic E-state index is 11.5. The first-order chi connectivity index (χ1) is 28.7. The fourth-order valence-corrected chi connectivity index (χ4v) is 8.06. The van der Waals surface area contributed by atoms with Crippen LogP contribution in [0.25, 0.3) is 0 Å². The zero-order chi connectivity index (χ0) is 44.2. The summed E-state index contributed by atoms with van der Waals surface area (Å²) in [4.78, 5) is 0. The largest absolute Gasteiger partial charge is 0.394 e. The Bertz CT molecular complexity index is 1270. The summed E-state index contributed by atoms with van der Waals surface area (Å²) in [5.74, 6) is 0. The molecule has 5 heterocycles. The lowest BCUT2D eigenvalue weighted by Crippen LogP contribution is -2.68. The molecule has 0 unspecified atom stereocenters. The highest BCUT2D eigenvalue weighted by atomic mass is 16.8. The number of aliphatic hydroxyl groups is 13. The molecule has 0 aromatic rings. The molecule has 0 aromatic carbocycles. The van der Waals surface area contributed by atoms with Crippen molar-refractivity contribution in [3.05, 3.63) is 0 Å². The average molecular weight is 885 g/mol. The van der Waals surface area contributed by atoms with E-state index >= 15 is 0 Å². The molecule has 26 nitrogen and oxygen atoms in total. The van der Waals surface area contributed by atoms with E-state index in [1.807, 2.05) is 0 Å². The van der Waals surface area contributed by atoms with E-state index in [0.29, 0.717) is 0 Å². The Labute approximate surface area is 343 Å². The summed E-state index contributed by atoms with van der Waals surface area (Å²) in [6, 6.07) is 0. The molecule has 26 heteroatoms. The summed E-state index contributed by atoms with van der Waals surface area (Å²) < 4.78 is 73.8. The van der Waals surface area contributed by atoms with Crippen molar-refractivity contribution in [2.45, 2.75) is 154 Å². The topological polar surface area (TPSA) is 383 Å².